The summed E-state index contributed by atoms with van der Waals surface area (Å²) in [5, 5.41) is 21.9. The SMILES string of the molecule is Cc1nc(NCc2cccc(B(O)O)c2)nc(N2c3cccc(CN)c3CC2C)n1. The zero-order chi connectivity index (χ0) is 21.3. The van der Waals surface area contributed by atoms with Gasteiger partial charge in [-0.25, -0.2) is 0 Å². The summed E-state index contributed by atoms with van der Waals surface area (Å²) < 4.78 is 0. The number of anilines is 3. The Balaban J connectivity index is 1.60. The highest BCUT2D eigenvalue weighted by molar-refractivity contribution is 6.58. The molecule has 1 unspecified atom stereocenters. The number of aromatic nitrogens is 3. The third kappa shape index (κ3) is 4.00. The van der Waals surface area contributed by atoms with Crippen LogP contribution in [0.15, 0.2) is 42.5 Å². The molecule has 0 bridgehead atoms. The Morgan fingerprint density at radius 1 is 1.17 bits per heavy atom. The Bertz CT molecular complexity index is 1060. The molecule has 154 valence electrons. The summed E-state index contributed by atoms with van der Waals surface area (Å²) >= 11 is 0. The van der Waals surface area contributed by atoms with Crippen LogP contribution in [0.2, 0.25) is 0 Å². The second-order valence-electron chi connectivity index (χ2n) is 7.52. The molecule has 4 rings (SSSR count). The number of fused-ring (bicyclic) bond motifs is 1. The Morgan fingerprint density at radius 3 is 2.73 bits per heavy atom. The van der Waals surface area contributed by atoms with E-state index in [4.69, 9.17) is 5.73 Å². The van der Waals surface area contributed by atoms with Crippen LogP contribution in [-0.4, -0.2) is 38.2 Å². The summed E-state index contributed by atoms with van der Waals surface area (Å²) in [5.74, 6) is 1.70. The van der Waals surface area contributed by atoms with Crippen molar-refractivity contribution in [3.05, 3.63) is 65.0 Å². The van der Waals surface area contributed by atoms with E-state index in [2.05, 4.69) is 44.2 Å². The Labute approximate surface area is 176 Å². The highest BCUT2D eigenvalue weighted by atomic mass is 16.4. The van der Waals surface area contributed by atoms with E-state index in [0.29, 0.717) is 36.3 Å². The molecule has 0 fully saturated rings. The normalized spacial score (nSPS) is 15.2. The first kappa shape index (κ1) is 20.3. The zero-order valence-electron chi connectivity index (χ0n) is 17.1. The molecule has 0 spiro atoms. The van der Waals surface area contributed by atoms with E-state index in [9.17, 15) is 10.0 Å². The molecule has 8 nitrogen and oxygen atoms in total. The first-order valence-electron chi connectivity index (χ1n) is 9.98. The van der Waals surface area contributed by atoms with Gasteiger partial charge in [-0.05, 0) is 48.5 Å². The lowest BCUT2D eigenvalue weighted by Gasteiger charge is -2.23. The minimum atomic E-state index is -1.49. The third-order valence-electron chi connectivity index (χ3n) is 5.32. The molecule has 1 aliphatic rings. The van der Waals surface area contributed by atoms with E-state index < -0.39 is 7.12 Å². The zero-order valence-corrected chi connectivity index (χ0v) is 17.1. The highest BCUT2D eigenvalue weighted by Gasteiger charge is 2.31. The Kier molecular flexibility index (Phi) is 5.67. The van der Waals surface area contributed by atoms with Gasteiger partial charge in [-0.2, -0.15) is 15.0 Å². The molecule has 3 aromatic rings. The fourth-order valence-corrected chi connectivity index (χ4v) is 3.90. The van der Waals surface area contributed by atoms with Crippen molar-refractivity contribution in [1.82, 2.24) is 15.0 Å². The largest absolute Gasteiger partial charge is 0.488 e. The van der Waals surface area contributed by atoms with Crippen molar-refractivity contribution in [3.63, 3.8) is 0 Å². The van der Waals surface area contributed by atoms with Crippen molar-refractivity contribution in [2.24, 2.45) is 5.73 Å². The minimum Gasteiger partial charge on any atom is -0.423 e. The quantitative estimate of drug-likeness (QED) is 0.450. The van der Waals surface area contributed by atoms with Crippen molar-refractivity contribution in [2.75, 3.05) is 10.2 Å². The maximum Gasteiger partial charge on any atom is 0.488 e. The van der Waals surface area contributed by atoms with Gasteiger partial charge >= 0.3 is 7.12 Å². The van der Waals surface area contributed by atoms with Crippen LogP contribution in [0, 0.1) is 6.92 Å². The second-order valence-corrected chi connectivity index (χ2v) is 7.52. The first-order chi connectivity index (χ1) is 14.5. The predicted octanol–water partition coefficient (Wildman–Crippen LogP) is 1.01. The minimum absolute atomic E-state index is 0.213. The summed E-state index contributed by atoms with van der Waals surface area (Å²) in [6, 6.07) is 13.5. The molecule has 0 aliphatic carbocycles. The van der Waals surface area contributed by atoms with Crippen molar-refractivity contribution in [1.29, 1.82) is 0 Å². The number of nitrogens with one attached hydrogen (secondary N) is 1. The number of hydrogen-bond donors (Lipinski definition) is 4. The fourth-order valence-electron chi connectivity index (χ4n) is 3.90. The Hall–Kier alpha value is -3.01. The molecule has 1 aliphatic heterocycles. The van der Waals surface area contributed by atoms with Crippen LogP contribution >= 0.6 is 0 Å². The number of nitrogens with zero attached hydrogens (tertiary/aromatic N) is 4. The van der Waals surface area contributed by atoms with Gasteiger partial charge in [0.15, 0.2) is 0 Å². The van der Waals surface area contributed by atoms with Gasteiger partial charge in [-0.15, -0.1) is 0 Å². The van der Waals surface area contributed by atoms with Crippen molar-refractivity contribution < 1.29 is 10.0 Å². The molecule has 1 aromatic heterocycles. The fraction of sp³-hybridized carbons (Fsp3) is 0.286. The van der Waals surface area contributed by atoms with Crippen LogP contribution in [0.4, 0.5) is 17.6 Å². The monoisotopic (exact) mass is 404 g/mol. The summed E-state index contributed by atoms with van der Waals surface area (Å²) in [7, 11) is -1.49. The smallest absolute Gasteiger partial charge is 0.423 e. The van der Waals surface area contributed by atoms with E-state index in [1.54, 1.807) is 18.2 Å². The molecule has 2 aromatic carbocycles. The molecule has 0 radical (unpaired) electrons. The number of hydrogen-bond acceptors (Lipinski definition) is 8. The van der Waals surface area contributed by atoms with E-state index in [1.807, 2.05) is 19.1 Å². The van der Waals surface area contributed by atoms with Gasteiger partial charge < -0.3 is 26.0 Å². The number of benzene rings is 2. The van der Waals surface area contributed by atoms with E-state index in [-0.39, 0.29) is 6.04 Å². The van der Waals surface area contributed by atoms with E-state index in [1.165, 1.54) is 5.56 Å². The molecule has 9 heteroatoms. The standard InChI is InChI=1S/C21H25BN6O2/c1-13-9-18-16(11-23)6-4-8-19(18)28(13)21-26-14(2)25-20(27-21)24-12-15-5-3-7-17(10-15)22(29)30/h3-8,10,13,29-30H,9,11-12,23H2,1-2H3,(H,24,25,26,27). The van der Waals surface area contributed by atoms with Gasteiger partial charge in [0.25, 0.3) is 0 Å². The lowest BCUT2D eigenvalue weighted by molar-refractivity contribution is 0.425. The average molecular weight is 404 g/mol. The summed E-state index contributed by atoms with van der Waals surface area (Å²) in [6.45, 7) is 4.95. The molecule has 1 atom stereocenters. The lowest BCUT2D eigenvalue weighted by atomic mass is 9.80. The summed E-state index contributed by atoms with van der Waals surface area (Å²) in [4.78, 5) is 15.8. The van der Waals surface area contributed by atoms with Gasteiger partial charge in [-0.1, -0.05) is 36.4 Å². The number of aryl methyl sites for hydroxylation is 1. The highest BCUT2D eigenvalue weighted by Crippen LogP contribution is 2.38. The van der Waals surface area contributed by atoms with Gasteiger partial charge in [0.05, 0.1) is 0 Å². The van der Waals surface area contributed by atoms with Crippen molar-refractivity contribution in [2.45, 2.75) is 39.4 Å². The van der Waals surface area contributed by atoms with Gasteiger partial charge in [0.1, 0.15) is 5.82 Å². The lowest BCUT2D eigenvalue weighted by Crippen LogP contribution is -2.30. The molecule has 2 heterocycles. The molecular weight excluding hydrogens is 379 g/mol. The van der Waals surface area contributed by atoms with Gasteiger partial charge in [0.2, 0.25) is 11.9 Å². The van der Waals surface area contributed by atoms with Gasteiger partial charge in [0, 0.05) is 24.8 Å². The number of rotatable bonds is 6. The molecule has 0 amide bonds. The summed E-state index contributed by atoms with van der Waals surface area (Å²) in [6.07, 6.45) is 0.895. The van der Waals surface area contributed by atoms with Gasteiger partial charge in [-0.3, -0.25) is 0 Å². The van der Waals surface area contributed by atoms with E-state index >= 15 is 0 Å². The Morgan fingerprint density at radius 2 is 1.97 bits per heavy atom. The van der Waals surface area contributed by atoms with Crippen LogP contribution in [-0.2, 0) is 19.5 Å². The number of nitrogens with two attached hydrogens (primary N) is 1. The summed E-state index contributed by atoms with van der Waals surface area (Å²) in [5.41, 5.74) is 10.8. The van der Waals surface area contributed by atoms with Crippen LogP contribution in [0.25, 0.3) is 0 Å². The molecule has 0 saturated heterocycles. The maximum atomic E-state index is 9.36. The average Bonchev–Trinajstić information content (AvgIpc) is 3.08. The predicted molar refractivity (Wildman–Crippen MR) is 118 cm³/mol. The molecule has 5 N–H and O–H groups in total. The first-order valence-corrected chi connectivity index (χ1v) is 9.98. The van der Waals surface area contributed by atoms with Crippen LogP contribution in [0.5, 0.6) is 0 Å². The topological polar surface area (TPSA) is 120 Å². The van der Waals surface area contributed by atoms with Crippen molar-refractivity contribution >= 4 is 30.2 Å². The third-order valence-corrected chi connectivity index (χ3v) is 5.32. The van der Waals surface area contributed by atoms with Crippen LogP contribution in [0.3, 0.4) is 0 Å². The molecule has 0 saturated carbocycles. The van der Waals surface area contributed by atoms with E-state index in [0.717, 1.165) is 23.2 Å². The maximum absolute atomic E-state index is 9.36. The van der Waals surface area contributed by atoms with Crippen LogP contribution in [0.1, 0.15) is 29.4 Å². The second kappa shape index (κ2) is 8.39. The molecular formula is C21H25BN6O2. The molecule has 30 heavy (non-hydrogen) atoms. The van der Waals surface area contributed by atoms with Crippen molar-refractivity contribution in [3.8, 4) is 0 Å². The van der Waals surface area contributed by atoms with Crippen LogP contribution < -0.4 is 21.4 Å².